The van der Waals surface area contributed by atoms with Gasteiger partial charge in [0, 0.05) is 9.50 Å². The van der Waals surface area contributed by atoms with Gasteiger partial charge in [0.25, 0.3) is 5.91 Å². The van der Waals surface area contributed by atoms with Crippen molar-refractivity contribution in [1.29, 1.82) is 0 Å². The average molecular weight is 488 g/mol. The molecule has 3 aromatic rings. The Morgan fingerprint density at radius 1 is 0.933 bits per heavy atom. The van der Waals surface area contributed by atoms with E-state index in [1.807, 2.05) is 12.1 Å². The summed E-state index contributed by atoms with van der Waals surface area (Å²) in [6.07, 6.45) is 1.47. The lowest BCUT2D eigenvalue weighted by molar-refractivity contribution is -0.123. The van der Waals surface area contributed by atoms with Gasteiger partial charge in [0.05, 0.1) is 11.8 Å². The molecule has 1 amide bonds. The SMILES string of the molecule is O=C(COc1ccc(Br)cc1)N/N=C/c1ccc(OC(=O)c2ccc(Cl)cc2)cc1. The highest BCUT2D eigenvalue weighted by Gasteiger charge is 2.08. The lowest BCUT2D eigenvalue weighted by atomic mass is 10.2. The van der Waals surface area contributed by atoms with E-state index in [2.05, 4.69) is 26.5 Å². The normalized spacial score (nSPS) is 10.6. The van der Waals surface area contributed by atoms with E-state index in [0.29, 0.717) is 22.1 Å². The van der Waals surface area contributed by atoms with E-state index in [4.69, 9.17) is 21.1 Å². The Hall–Kier alpha value is -3.16. The first-order valence-corrected chi connectivity index (χ1v) is 9.95. The number of amides is 1. The van der Waals surface area contributed by atoms with E-state index in [1.54, 1.807) is 60.7 Å². The Balaban J connectivity index is 1.45. The molecular formula is C22H16BrClN2O4. The van der Waals surface area contributed by atoms with Gasteiger partial charge in [-0.1, -0.05) is 27.5 Å². The lowest BCUT2D eigenvalue weighted by Gasteiger charge is -2.05. The zero-order valence-electron chi connectivity index (χ0n) is 15.5. The molecule has 0 spiro atoms. The Morgan fingerprint density at radius 2 is 1.57 bits per heavy atom. The number of nitrogens with one attached hydrogen (secondary N) is 1. The Kier molecular flexibility index (Phi) is 7.59. The summed E-state index contributed by atoms with van der Waals surface area (Å²) in [4.78, 5) is 23.9. The summed E-state index contributed by atoms with van der Waals surface area (Å²) in [5.74, 6) is 0.105. The van der Waals surface area contributed by atoms with Crippen LogP contribution in [0.25, 0.3) is 0 Å². The molecule has 0 atom stereocenters. The molecule has 0 aliphatic rings. The number of hydrogen-bond acceptors (Lipinski definition) is 5. The van der Waals surface area contributed by atoms with Gasteiger partial charge in [-0.05, 0) is 78.4 Å². The molecule has 8 heteroatoms. The van der Waals surface area contributed by atoms with Gasteiger partial charge in [-0.25, -0.2) is 10.2 Å². The minimum absolute atomic E-state index is 0.154. The van der Waals surface area contributed by atoms with Crippen LogP contribution in [0.5, 0.6) is 11.5 Å². The molecule has 152 valence electrons. The number of nitrogens with zero attached hydrogens (tertiary/aromatic N) is 1. The molecule has 0 saturated carbocycles. The largest absolute Gasteiger partial charge is 0.484 e. The van der Waals surface area contributed by atoms with Crippen LogP contribution >= 0.6 is 27.5 Å². The van der Waals surface area contributed by atoms with Crippen molar-refractivity contribution in [3.63, 3.8) is 0 Å². The topological polar surface area (TPSA) is 77.0 Å². The van der Waals surface area contributed by atoms with Crippen LogP contribution in [0.4, 0.5) is 0 Å². The number of carbonyl (C=O) groups excluding carboxylic acids is 2. The zero-order valence-corrected chi connectivity index (χ0v) is 17.9. The smallest absolute Gasteiger partial charge is 0.343 e. The molecule has 0 saturated heterocycles. The number of benzene rings is 3. The van der Waals surface area contributed by atoms with E-state index < -0.39 is 5.97 Å². The number of ether oxygens (including phenoxy) is 2. The summed E-state index contributed by atoms with van der Waals surface area (Å²) < 4.78 is 11.6. The van der Waals surface area contributed by atoms with Crippen LogP contribution in [0.3, 0.4) is 0 Å². The predicted molar refractivity (Wildman–Crippen MR) is 118 cm³/mol. The van der Waals surface area contributed by atoms with Crippen molar-refractivity contribution >= 4 is 45.6 Å². The Morgan fingerprint density at radius 3 is 2.23 bits per heavy atom. The van der Waals surface area contributed by atoms with E-state index in [1.165, 1.54) is 6.21 Å². The van der Waals surface area contributed by atoms with Gasteiger partial charge in [0.1, 0.15) is 11.5 Å². The van der Waals surface area contributed by atoms with Crippen LogP contribution in [0.15, 0.2) is 82.4 Å². The van der Waals surface area contributed by atoms with E-state index in [0.717, 1.165) is 10.0 Å². The van der Waals surface area contributed by atoms with Crippen molar-refractivity contribution in [1.82, 2.24) is 5.43 Å². The maximum Gasteiger partial charge on any atom is 0.343 e. The van der Waals surface area contributed by atoms with Crippen LogP contribution in [0.2, 0.25) is 5.02 Å². The number of esters is 1. The first-order chi connectivity index (χ1) is 14.5. The highest BCUT2D eigenvalue weighted by Crippen LogP contribution is 2.16. The van der Waals surface area contributed by atoms with Crippen LogP contribution < -0.4 is 14.9 Å². The van der Waals surface area contributed by atoms with E-state index in [-0.39, 0.29) is 12.5 Å². The van der Waals surface area contributed by atoms with Crippen LogP contribution in [-0.4, -0.2) is 24.7 Å². The van der Waals surface area contributed by atoms with Gasteiger partial charge in [-0.2, -0.15) is 5.10 Å². The second-order valence-corrected chi connectivity index (χ2v) is 7.35. The van der Waals surface area contributed by atoms with Crippen LogP contribution in [0, 0.1) is 0 Å². The fourth-order valence-corrected chi connectivity index (χ4v) is 2.65. The van der Waals surface area contributed by atoms with Gasteiger partial charge in [0.15, 0.2) is 6.61 Å². The van der Waals surface area contributed by atoms with Crippen molar-refractivity contribution in [2.75, 3.05) is 6.61 Å². The molecule has 0 heterocycles. The lowest BCUT2D eigenvalue weighted by Crippen LogP contribution is -2.24. The third-order valence-electron chi connectivity index (χ3n) is 3.76. The molecule has 0 aliphatic heterocycles. The van der Waals surface area contributed by atoms with Crippen molar-refractivity contribution in [3.05, 3.63) is 93.4 Å². The van der Waals surface area contributed by atoms with Gasteiger partial charge in [0.2, 0.25) is 0 Å². The first-order valence-electron chi connectivity index (χ1n) is 8.78. The first kappa shape index (κ1) is 21.5. The summed E-state index contributed by atoms with van der Waals surface area (Å²) in [6.45, 7) is -0.154. The molecule has 0 bridgehead atoms. The fourth-order valence-electron chi connectivity index (χ4n) is 2.26. The molecule has 6 nitrogen and oxygen atoms in total. The third kappa shape index (κ3) is 6.72. The van der Waals surface area contributed by atoms with Crippen molar-refractivity contribution < 1.29 is 19.1 Å². The number of hydrogen-bond donors (Lipinski definition) is 1. The minimum Gasteiger partial charge on any atom is -0.484 e. The zero-order chi connectivity index (χ0) is 21.3. The molecule has 0 radical (unpaired) electrons. The second kappa shape index (κ2) is 10.6. The molecule has 3 aromatic carbocycles. The summed E-state index contributed by atoms with van der Waals surface area (Å²) in [5, 5.41) is 4.43. The summed E-state index contributed by atoms with van der Waals surface area (Å²) >= 11 is 9.13. The predicted octanol–water partition coefficient (Wildman–Crippen LogP) is 4.85. The summed E-state index contributed by atoms with van der Waals surface area (Å²) in [7, 11) is 0. The number of hydrazone groups is 1. The van der Waals surface area contributed by atoms with Gasteiger partial charge in [-0.15, -0.1) is 0 Å². The summed E-state index contributed by atoms with van der Waals surface area (Å²) in [6, 6.07) is 20.3. The van der Waals surface area contributed by atoms with Crippen LogP contribution in [-0.2, 0) is 4.79 Å². The summed E-state index contributed by atoms with van der Waals surface area (Å²) in [5.41, 5.74) is 3.50. The number of carbonyl (C=O) groups is 2. The van der Waals surface area contributed by atoms with Crippen molar-refractivity contribution in [2.24, 2.45) is 5.10 Å². The number of rotatable bonds is 7. The molecule has 0 unspecified atom stereocenters. The minimum atomic E-state index is -0.480. The Bertz CT molecular complexity index is 1040. The maximum atomic E-state index is 12.1. The molecular weight excluding hydrogens is 472 g/mol. The average Bonchev–Trinajstić information content (AvgIpc) is 2.75. The molecule has 0 aliphatic carbocycles. The second-order valence-electron chi connectivity index (χ2n) is 6.00. The fraction of sp³-hybridized carbons (Fsp3) is 0.0455. The molecule has 0 aromatic heterocycles. The highest BCUT2D eigenvalue weighted by molar-refractivity contribution is 9.10. The van der Waals surface area contributed by atoms with E-state index in [9.17, 15) is 9.59 Å². The highest BCUT2D eigenvalue weighted by atomic mass is 79.9. The standard InChI is InChI=1S/C22H16BrClN2O4/c23-17-5-11-19(12-6-17)29-14-21(27)26-25-13-15-1-9-20(10-2-15)30-22(28)16-3-7-18(24)8-4-16/h1-13H,14H2,(H,26,27)/b25-13+. The quantitative estimate of drug-likeness (QED) is 0.224. The molecule has 0 fully saturated rings. The van der Waals surface area contributed by atoms with Crippen molar-refractivity contribution in [2.45, 2.75) is 0 Å². The van der Waals surface area contributed by atoms with Gasteiger partial charge >= 0.3 is 5.97 Å². The number of halogens is 2. The van der Waals surface area contributed by atoms with E-state index >= 15 is 0 Å². The maximum absolute atomic E-state index is 12.1. The molecule has 1 N–H and O–H groups in total. The monoisotopic (exact) mass is 486 g/mol. The van der Waals surface area contributed by atoms with Gasteiger partial charge < -0.3 is 9.47 Å². The molecule has 30 heavy (non-hydrogen) atoms. The van der Waals surface area contributed by atoms with Gasteiger partial charge in [-0.3, -0.25) is 4.79 Å². The van der Waals surface area contributed by atoms with Crippen molar-refractivity contribution in [3.8, 4) is 11.5 Å². The third-order valence-corrected chi connectivity index (χ3v) is 4.54. The molecule has 3 rings (SSSR count). The van der Waals surface area contributed by atoms with Crippen LogP contribution in [0.1, 0.15) is 15.9 Å². The Labute approximate surface area is 186 Å².